The van der Waals surface area contributed by atoms with Gasteiger partial charge in [0.05, 0.1) is 23.0 Å². The van der Waals surface area contributed by atoms with E-state index in [9.17, 15) is 4.79 Å². The molecule has 156 valence electrons. The number of aromatic nitrogens is 3. The summed E-state index contributed by atoms with van der Waals surface area (Å²) in [4.78, 5) is 23.1. The van der Waals surface area contributed by atoms with Crippen molar-refractivity contribution in [2.45, 2.75) is 51.7 Å². The first-order chi connectivity index (χ1) is 14.2. The molecule has 2 saturated heterocycles. The minimum Gasteiger partial charge on any atom is -0.351 e. The molecule has 2 aliphatic heterocycles. The summed E-state index contributed by atoms with van der Waals surface area (Å²) in [7, 11) is 0. The molecule has 1 amide bonds. The van der Waals surface area contributed by atoms with Gasteiger partial charge in [0.2, 0.25) is 5.91 Å². The molecule has 8 heteroatoms. The molecule has 7 nitrogen and oxygen atoms in total. The van der Waals surface area contributed by atoms with Gasteiger partial charge in [-0.25, -0.2) is 0 Å². The van der Waals surface area contributed by atoms with Crippen molar-refractivity contribution in [3.05, 3.63) is 40.7 Å². The Bertz CT molecular complexity index is 789. The Morgan fingerprint density at radius 3 is 2.86 bits per heavy atom. The van der Waals surface area contributed by atoms with Crippen LogP contribution in [0, 0.1) is 12.8 Å². The van der Waals surface area contributed by atoms with Crippen molar-refractivity contribution in [2.24, 2.45) is 5.92 Å². The normalized spacial score (nSPS) is 21.9. The number of likely N-dealkylation sites (tertiary alicyclic amines) is 2. The van der Waals surface area contributed by atoms with Crippen molar-refractivity contribution < 1.29 is 4.79 Å². The lowest BCUT2D eigenvalue weighted by atomic mass is 9.93. The van der Waals surface area contributed by atoms with Gasteiger partial charge in [0.25, 0.3) is 0 Å². The van der Waals surface area contributed by atoms with Crippen molar-refractivity contribution in [3.63, 3.8) is 0 Å². The standard InChI is InChI=1S/C21H30N6OS/c1-16-20(29-25-24-16)13-23-21(28)18-5-3-9-27(15-18)19-6-10-26(11-7-19)14-17-4-2-8-22-12-17/h2,4,8,12,18-19H,3,5-7,9-11,13-15H2,1H3,(H,23,28)/t18-/m0/s1. The molecule has 0 saturated carbocycles. The number of aryl methyl sites for hydroxylation is 1. The fourth-order valence-corrected chi connectivity index (χ4v) is 5.04. The van der Waals surface area contributed by atoms with Crippen LogP contribution >= 0.6 is 11.5 Å². The lowest BCUT2D eigenvalue weighted by Crippen LogP contribution is -2.50. The molecule has 1 atom stereocenters. The number of pyridine rings is 1. The van der Waals surface area contributed by atoms with E-state index < -0.39 is 0 Å². The van der Waals surface area contributed by atoms with Crippen LogP contribution < -0.4 is 5.32 Å². The van der Waals surface area contributed by atoms with E-state index in [1.807, 2.05) is 25.4 Å². The van der Waals surface area contributed by atoms with Crippen LogP contribution in [-0.4, -0.2) is 62.5 Å². The Morgan fingerprint density at radius 1 is 1.28 bits per heavy atom. The maximum atomic E-state index is 12.7. The zero-order chi connectivity index (χ0) is 20.1. The highest BCUT2D eigenvalue weighted by Gasteiger charge is 2.31. The second-order valence-electron chi connectivity index (χ2n) is 8.20. The summed E-state index contributed by atoms with van der Waals surface area (Å²) in [5.41, 5.74) is 2.20. The van der Waals surface area contributed by atoms with Crippen LogP contribution in [-0.2, 0) is 17.9 Å². The molecule has 0 aliphatic carbocycles. The second kappa shape index (κ2) is 9.73. The molecule has 0 radical (unpaired) electrons. The van der Waals surface area contributed by atoms with Gasteiger partial charge in [0.1, 0.15) is 0 Å². The summed E-state index contributed by atoms with van der Waals surface area (Å²) < 4.78 is 3.94. The van der Waals surface area contributed by atoms with Crippen molar-refractivity contribution in [1.82, 2.24) is 29.7 Å². The number of amides is 1. The van der Waals surface area contributed by atoms with Gasteiger partial charge in [0, 0.05) is 31.5 Å². The molecule has 0 bridgehead atoms. The minimum absolute atomic E-state index is 0.0957. The van der Waals surface area contributed by atoms with E-state index in [1.165, 1.54) is 29.9 Å². The van der Waals surface area contributed by atoms with Crippen LogP contribution in [0.3, 0.4) is 0 Å². The van der Waals surface area contributed by atoms with Crippen LogP contribution in [0.25, 0.3) is 0 Å². The zero-order valence-electron chi connectivity index (χ0n) is 17.1. The van der Waals surface area contributed by atoms with E-state index in [0.717, 1.165) is 56.1 Å². The molecular weight excluding hydrogens is 384 g/mol. The molecule has 2 fully saturated rings. The first-order valence-corrected chi connectivity index (χ1v) is 11.4. The second-order valence-corrected chi connectivity index (χ2v) is 9.04. The van der Waals surface area contributed by atoms with Crippen molar-refractivity contribution in [2.75, 3.05) is 26.2 Å². The van der Waals surface area contributed by atoms with Crippen LogP contribution in [0.1, 0.15) is 41.8 Å². The summed E-state index contributed by atoms with van der Waals surface area (Å²) in [6.07, 6.45) is 8.25. The third-order valence-electron chi connectivity index (χ3n) is 6.19. The van der Waals surface area contributed by atoms with E-state index in [-0.39, 0.29) is 11.8 Å². The molecule has 4 rings (SSSR count). The molecule has 2 aliphatic rings. The number of piperidine rings is 2. The monoisotopic (exact) mass is 414 g/mol. The van der Waals surface area contributed by atoms with E-state index in [1.54, 1.807) is 0 Å². The van der Waals surface area contributed by atoms with Gasteiger partial charge in [-0.05, 0) is 75.4 Å². The van der Waals surface area contributed by atoms with Gasteiger partial charge in [-0.2, -0.15) is 0 Å². The third kappa shape index (κ3) is 5.38. The highest BCUT2D eigenvalue weighted by molar-refractivity contribution is 7.05. The van der Waals surface area contributed by atoms with Crippen molar-refractivity contribution in [1.29, 1.82) is 0 Å². The van der Waals surface area contributed by atoms with Gasteiger partial charge in [0.15, 0.2) is 0 Å². The zero-order valence-corrected chi connectivity index (χ0v) is 17.9. The average molecular weight is 415 g/mol. The lowest BCUT2D eigenvalue weighted by molar-refractivity contribution is -0.127. The SMILES string of the molecule is Cc1nnsc1CNC(=O)[C@H]1CCCN(C2CCN(Cc3cccnc3)CC2)C1. The first kappa shape index (κ1) is 20.4. The number of carbonyl (C=O) groups is 1. The predicted octanol–water partition coefficient (Wildman–Crippen LogP) is 2.23. The van der Waals surface area contributed by atoms with Crippen LogP contribution in [0.15, 0.2) is 24.5 Å². The molecule has 0 unspecified atom stereocenters. The number of rotatable bonds is 6. The Balaban J connectivity index is 1.23. The van der Waals surface area contributed by atoms with E-state index in [0.29, 0.717) is 12.6 Å². The third-order valence-corrected chi connectivity index (χ3v) is 7.02. The van der Waals surface area contributed by atoms with Crippen molar-refractivity contribution >= 4 is 17.4 Å². The quantitative estimate of drug-likeness (QED) is 0.781. The van der Waals surface area contributed by atoms with Crippen molar-refractivity contribution in [3.8, 4) is 0 Å². The average Bonchev–Trinajstić information content (AvgIpc) is 3.18. The summed E-state index contributed by atoms with van der Waals surface area (Å²) in [5.74, 6) is 0.273. The molecule has 2 aromatic rings. The lowest BCUT2D eigenvalue weighted by Gasteiger charge is -2.42. The van der Waals surface area contributed by atoms with Gasteiger partial charge in [-0.3, -0.25) is 19.6 Å². The molecule has 2 aromatic heterocycles. The number of carbonyl (C=O) groups excluding carboxylic acids is 1. The van der Waals surface area contributed by atoms with E-state index in [4.69, 9.17) is 0 Å². The van der Waals surface area contributed by atoms with Gasteiger partial charge >= 0.3 is 0 Å². The smallest absolute Gasteiger partial charge is 0.224 e. The van der Waals surface area contributed by atoms with Gasteiger partial charge in [-0.15, -0.1) is 5.10 Å². The number of nitrogens with one attached hydrogen (secondary N) is 1. The molecular formula is C21H30N6OS. The van der Waals surface area contributed by atoms with E-state index in [2.05, 4.69) is 35.8 Å². The minimum atomic E-state index is 0.0957. The maximum Gasteiger partial charge on any atom is 0.224 e. The molecule has 1 N–H and O–H groups in total. The Hall–Kier alpha value is -1.90. The number of hydrogen-bond acceptors (Lipinski definition) is 7. The van der Waals surface area contributed by atoms with Gasteiger partial charge in [-0.1, -0.05) is 10.6 Å². The fourth-order valence-electron chi connectivity index (χ4n) is 4.47. The fraction of sp³-hybridized carbons (Fsp3) is 0.619. The van der Waals surface area contributed by atoms with Crippen LogP contribution in [0.5, 0.6) is 0 Å². The maximum absolute atomic E-state index is 12.7. The van der Waals surface area contributed by atoms with Crippen LogP contribution in [0.4, 0.5) is 0 Å². The van der Waals surface area contributed by atoms with Crippen LogP contribution in [0.2, 0.25) is 0 Å². The van der Waals surface area contributed by atoms with E-state index >= 15 is 0 Å². The number of hydrogen-bond donors (Lipinski definition) is 1. The largest absolute Gasteiger partial charge is 0.351 e. The molecule has 29 heavy (non-hydrogen) atoms. The Kier molecular flexibility index (Phi) is 6.84. The van der Waals surface area contributed by atoms with Gasteiger partial charge < -0.3 is 5.32 Å². The summed E-state index contributed by atoms with van der Waals surface area (Å²) >= 11 is 1.37. The summed E-state index contributed by atoms with van der Waals surface area (Å²) in [5, 5.41) is 7.12. The molecule has 0 spiro atoms. The Labute approximate surface area is 176 Å². The predicted molar refractivity (Wildman–Crippen MR) is 113 cm³/mol. The highest BCUT2D eigenvalue weighted by atomic mass is 32.1. The molecule has 0 aromatic carbocycles. The Morgan fingerprint density at radius 2 is 2.14 bits per heavy atom. The summed E-state index contributed by atoms with van der Waals surface area (Å²) in [6.45, 7) is 7.71. The first-order valence-electron chi connectivity index (χ1n) is 10.6. The summed E-state index contributed by atoms with van der Waals surface area (Å²) in [6, 6.07) is 4.76. The topological polar surface area (TPSA) is 74.2 Å². The highest BCUT2D eigenvalue weighted by Crippen LogP contribution is 2.25. The molecule has 4 heterocycles. The number of nitrogens with zero attached hydrogens (tertiary/aromatic N) is 5.